The van der Waals surface area contributed by atoms with Crippen LogP contribution in [0.2, 0.25) is 0 Å². The average molecular weight is 268 g/mol. The minimum Gasteiger partial charge on any atom is -0.479 e. The average Bonchev–Trinajstić information content (AvgIpc) is 2.94. The third kappa shape index (κ3) is 2.43. The maximum Gasteiger partial charge on any atom is 0.335 e. The van der Waals surface area contributed by atoms with Gasteiger partial charge in [0.05, 0.1) is 12.1 Å². The van der Waals surface area contributed by atoms with Crippen LogP contribution in [0.4, 0.5) is 0 Å². The van der Waals surface area contributed by atoms with Crippen molar-refractivity contribution in [2.75, 3.05) is 0 Å². The van der Waals surface area contributed by atoms with E-state index in [4.69, 9.17) is 0 Å². The largest absolute Gasteiger partial charge is 0.479 e. The Bertz CT molecular complexity index is 538. The molecule has 0 saturated carbocycles. The standard InChI is InChI=1S/C16H16N2O2/c19-16(20)15-17-13(11-7-3-1-4-8-11)14(18-15)12-9-5-2-6-10-12/h1-10,13-15,17-18H,(H,19,20). The Labute approximate surface area is 117 Å². The van der Waals surface area contributed by atoms with Crippen molar-refractivity contribution in [1.29, 1.82) is 0 Å². The van der Waals surface area contributed by atoms with Crippen molar-refractivity contribution >= 4 is 5.97 Å². The Morgan fingerprint density at radius 2 is 1.20 bits per heavy atom. The molecule has 2 aromatic carbocycles. The van der Waals surface area contributed by atoms with E-state index in [1.807, 2.05) is 60.7 Å². The second-order valence-electron chi connectivity index (χ2n) is 4.88. The van der Waals surface area contributed by atoms with Crippen molar-refractivity contribution in [3.63, 3.8) is 0 Å². The molecule has 1 heterocycles. The molecule has 3 N–H and O–H groups in total. The Kier molecular flexibility index (Phi) is 3.50. The van der Waals surface area contributed by atoms with Crippen LogP contribution >= 0.6 is 0 Å². The minimum atomic E-state index is -0.885. The number of aliphatic carboxylic acids is 1. The third-order valence-corrected chi connectivity index (χ3v) is 3.59. The number of benzene rings is 2. The molecule has 0 aliphatic carbocycles. The lowest BCUT2D eigenvalue weighted by molar-refractivity contribution is -0.139. The molecule has 4 heteroatoms. The fourth-order valence-corrected chi connectivity index (χ4v) is 2.64. The second-order valence-corrected chi connectivity index (χ2v) is 4.88. The summed E-state index contributed by atoms with van der Waals surface area (Å²) < 4.78 is 0. The topological polar surface area (TPSA) is 61.4 Å². The smallest absolute Gasteiger partial charge is 0.335 e. The molecule has 0 bridgehead atoms. The first kappa shape index (κ1) is 12.8. The zero-order valence-corrected chi connectivity index (χ0v) is 10.9. The van der Waals surface area contributed by atoms with Crippen molar-refractivity contribution in [2.45, 2.75) is 18.2 Å². The molecular weight excluding hydrogens is 252 g/mol. The molecule has 2 atom stereocenters. The molecule has 1 aliphatic rings. The van der Waals surface area contributed by atoms with Gasteiger partial charge in [-0.25, -0.2) is 4.79 Å². The quantitative estimate of drug-likeness (QED) is 0.797. The minimum absolute atomic E-state index is 0.0558. The Balaban J connectivity index is 1.95. The van der Waals surface area contributed by atoms with Crippen molar-refractivity contribution in [3.8, 4) is 0 Å². The first-order valence-corrected chi connectivity index (χ1v) is 6.60. The molecule has 2 aromatic rings. The molecule has 102 valence electrons. The summed E-state index contributed by atoms with van der Waals surface area (Å²) in [6.07, 6.45) is -0.731. The van der Waals surface area contributed by atoms with Gasteiger partial charge in [0.25, 0.3) is 0 Å². The van der Waals surface area contributed by atoms with Crippen LogP contribution in [-0.2, 0) is 4.79 Å². The van der Waals surface area contributed by atoms with Crippen LogP contribution in [0.5, 0.6) is 0 Å². The van der Waals surface area contributed by atoms with Crippen LogP contribution in [-0.4, -0.2) is 17.2 Å². The molecule has 1 aliphatic heterocycles. The predicted molar refractivity (Wildman–Crippen MR) is 76.1 cm³/mol. The highest BCUT2D eigenvalue weighted by atomic mass is 16.4. The summed E-state index contributed by atoms with van der Waals surface area (Å²) in [5.41, 5.74) is 2.16. The summed E-state index contributed by atoms with van der Waals surface area (Å²) in [6.45, 7) is 0. The summed E-state index contributed by atoms with van der Waals surface area (Å²) >= 11 is 0. The number of rotatable bonds is 3. The monoisotopic (exact) mass is 268 g/mol. The summed E-state index contributed by atoms with van der Waals surface area (Å²) in [5, 5.41) is 15.5. The Morgan fingerprint density at radius 1 is 0.800 bits per heavy atom. The van der Waals surface area contributed by atoms with Crippen LogP contribution in [0, 0.1) is 0 Å². The normalized spacial score (nSPS) is 25.5. The molecule has 2 unspecified atom stereocenters. The highest BCUT2D eigenvalue weighted by Crippen LogP contribution is 2.33. The molecular formula is C16H16N2O2. The van der Waals surface area contributed by atoms with Gasteiger partial charge in [-0.3, -0.25) is 10.6 Å². The van der Waals surface area contributed by atoms with Gasteiger partial charge in [0.15, 0.2) is 6.17 Å². The van der Waals surface area contributed by atoms with Gasteiger partial charge in [-0.05, 0) is 11.1 Å². The molecule has 20 heavy (non-hydrogen) atoms. The Hall–Kier alpha value is -2.17. The highest BCUT2D eigenvalue weighted by Gasteiger charge is 2.38. The van der Waals surface area contributed by atoms with E-state index in [1.54, 1.807) is 0 Å². The van der Waals surface area contributed by atoms with Crippen LogP contribution in [0.25, 0.3) is 0 Å². The van der Waals surface area contributed by atoms with E-state index in [9.17, 15) is 9.90 Å². The molecule has 0 radical (unpaired) electrons. The van der Waals surface area contributed by atoms with Gasteiger partial charge in [0.2, 0.25) is 0 Å². The number of hydrogen-bond acceptors (Lipinski definition) is 3. The summed E-state index contributed by atoms with van der Waals surface area (Å²) in [4.78, 5) is 11.2. The summed E-state index contributed by atoms with van der Waals surface area (Å²) in [7, 11) is 0. The van der Waals surface area contributed by atoms with Crippen molar-refractivity contribution in [2.24, 2.45) is 0 Å². The lowest BCUT2D eigenvalue weighted by Gasteiger charge is -2.19. The number of carbonyl (C=O) groups is 1. The molecule has 0 spiro atoms. The van der Waals surface area contributed by atoms with Gasteiger partial charge in [-0.1, -0.05) is 60.7 Å². The number of nitrogens with one attached hydrogen (secondary N) is 2. The molecule has 4 nitrogen and oxygen atoms in total. The lowest BCUT2D eigenvalue weighted by atomic mass is 9.95. The number of hydrogen-bond donors (Lipinski definition) is 3. The van der Waals surface area contributed by atoms with Crippen LogP contribution in [0.3, 0.4) is 0 Å². The lowest BCUT2D eigenvalue weighted by Crippen LogP contribution is -2.39. The molecule has 3 rings (SSSR count). The van der Waals surface area contributed by atoms with Crippen molar-refractivity contribution in [1.82, 2.24) is 10.6 Å². The Morgan fingerprint density at radius 3 is 1.55 bits per heavy atom. The van der Waals surface area contributed by atoms with E-state index in [-0.39, 0.29) is 12.1 Å². The zero-order valence-electron chi connectivity index (χ0n) is 10.9. The van der Waals surface area contributed by atoms with Gasteiger partial charge in [0.1, 0.15) is 0 Å². The van der Waals surface area contributed by atoms with Crippen molar-refractivity contribution < 1.29 is 9.90 Å². The van der Waals surface area contributed by atoms with Gasteiger partial charge >= 0.3 is 5.97 Å². The first-order valence-electron chi connectivity index (χ1n) is 6.60. The van der Waals surface area contributed by atoms with Gasteiger partial charge in [-0.15, -0.1) is 0 Å². The predicted octanol–water partition coefficient (Wildman–Crippen LogP) is 2.07. The number of carboxylic acids is 1. The van der Waals surface area contributed by atoms with Gasteiger partial charge in [0, 0.05) is 0 Å². The van der Waals surface area contributed by atoms with Crippen molar-refractivity contribution in [3.05, 3.63) is 71.8 Å². The molecule has 1 saturated heterocycles. The van der Waals surface area contributed by atoms with Crippen LogP contribution in [0.1, 0.15) is 23.2 Å². The van der Waals surface area contributed by atoms with E-state index >= 15 is 0 Å². The number of carboxylic acid groups (broad SMARTS) is 1. The maximum atomic E-state index is 11.2. The van der Waals surface area contributed by atoms with Crippen LogP contribution < -0.4 is 10.6 Å². The van der Waals surface area contributed by atoms with E-state index in [0.717, 1.165) is 11.1 Å². The molecule has 0 aromatic heterocycles. The zero-order chi connectivity index (χ0) is 13.9. The van der Waals surface area contributed by atoms with Gasteiger partial charge in [-0.2, -0.15) is 0 Å². The molecule has 1 fully saturated rings. The van der Waals surface area contributed by atoms with Gasteiger partial charge < -0.3 is 5.11 Å². The van der Waals surface area contributed by atoms with E-state index < -0.39 is 12.1 Å². The second kappa shape index (κ2) is 5.45. The van der Waals surface area contributed by atoms with Crippen LogP contribution in [0.15, 0.2) is 60.7 Å². The summed E-state index contributed by atoms with van der Waals surface area (Å²) in [5.74, 6) is -0.885. The third-order valence-electron chi connectivity index (χ3n) is 3.59. The van der Waals surface area contributed by atoms with E-state index in [0.29, 0.717) is 0 Å². The maximum absolute atomic E-state index is 11.2. The summed E-state index contributed by atoms with van der Waals surface area (Å²) in [6, 6.07) is 19.7. The van der Waals surface area contributed by atoms with E-state index in [1.165, 1.54) is 0 Å². The molecule has 0 amide bonds. The fraction of sp³-hybridized carbons (Fsp3) is 0.188. The fourth-order valence-electron chi connectivity index (χ4n) is 2.64. The SMILES string of the molecule is O=C(O)C1NC(c2ccccc2)C(c2ccccc2)N1. The first-order chi connectivity index (χ1) is 9.75. The highest BCUT2D eigenvalue weighted by molar-refractivity contribution is 5.73. The van der Waals surface area contributed by atoms with E-state index in [2.05, 4.69) is 10.6 Å².